The summed E-state index contributed by atoms with van der Waals surface area (Å²) in [5.74, 6) is -0.891. The predicted octanol–water partition coefficient (Wildman–Crippen LogP) is 5.25. The van der Waals surface area contributed by atoms with Gasteiger partial charge in [-0.2, -0.15) is 0 Å². The Morgan fingerprint density at radius 2 is 1.09 bits per heavy atom. The van der Waals surface area contributed by atoms with E-state index in [0.29, 0.717) is 5.56 Å². The average molecular weight is 425 g/mol. The topological polar surface area (TPSA) is 80.2 Å². The summed E-state index contributed by atoms with van der Waals surface area (Å²) >= 11 is 0. The van der Waals surface area contributed by atoms with E-state index in [9.17, 15) is 9.59 Å². The lowest BCUT2D eigenvalue weighted by molar-refractivity contribution is 0.0696. The first-order valence-electron chi connectivity index (χ1n) is 10.2. The second-order valence-electron chi connectivity index (χ2n) is 7.26. The molecule has 32 heavy (non-hydrogen) atoms. The third-order valence-corrected chi connectivity index (χ3v) is 4.76. The van der Waals surface area contributed by atoms with E-state index < -0.39 is 5.97 Å². The van der Waals surface area contributed by atoms with Crippen molar-refractivity contribution in [1.29, 1.82) is 0 Å². The van der Waals surface area contributed by atoms with E-state index in [0.717, 1.165) is 29.8 Å². The van der Waals surface area contributed by atoms with E-state index in [1.165, 1.54) is 11.8 Å². The number of hydrogen-bond acceptors (Lipinski definition) is 4. The van der Waals surface area contributed by atoms with Crippen molar-refractivity contribution in [2.75, 3.05) is 0 Å². The summed E-state index contributed by atoms with van der Waals surface area (Å²) in [7, 11) is 0. The van der Waals surface area contributed by atoms with Crippen molar-refractivity contribution in [3.63, 3.8) is 0 Å². The lowest BCUT2D eigenvalue weighted by atomic mass is 10.1. The van der Waals surface area contributed by atoms with Gasteiger partial charge in [-0.25, -0.2) is 4.79 Å². The van der Waals surface area contributed by atoms with Crippen LogP contribution < -0.4 is 0 Å². The number of pyridine rings is 2. The average Bonchev–Trinajstić information content (AvgIpc) is 2.82. The van der Waals surface area contributed by atoms with Crippen LogP contribution in [-0.2, 0) is 12.8 Å². The minimum absolute atomic E-state index is 0.0544. The fourth-order valence-corrected chi connectivity index (χ4v) is 3.00. The zero-order chi connectivity index (χ0) is 22.8. The Hall–Kier alpha value is -4.12. The fraction of sp³-hybridized carbons (Fsp3) is 0.111. The molecule has 2 aromatic heterocycles. The third kappa shape index (κ3) is 6.99. The standard InChI is InChI=1S/C14H13NO.C13H11NO2/c1-11(16)13-7-8-14(15-10-13)9-12-5-3-2-4-6-12;15-13(16)11-6-7-12(14-9-11)8-10-4-2-1-3-5-10/h2-8,10H,9H2,1H3;1-7,9H,8H2,(H,15,16). The summed E-state index contributed by atoms with van der Waals surface area (Å²) in [5.41, 5.74) is 5.13. The van der Waals surface area contributed by atoms with Crippen molar-refractivity contribution < 1.29 is 14.7 Å². The maximum Gasteiger partial charge on any atom is 0.337 e. The van der Waals surface area contributed by atoms with Gasteiger partial charge in [0.2, 0.25) is 0 Å². The minimum Gasteiger partial charge on any atom is -0.478 e. The van der Waals surface area contributed by atoms with Crippen LogP contribution in [-0.4, -0.2) is 26.8 Å². The van der Waals surface area contributed by atoms with Crippen LogP contribution >= 0.6 is 0 Å². The first-order chi connectivity index (χ1) is 15.5. The number of carbonyl (C=O) groups excluding carboxylic acids is 1. The molecule has 0 bridgehead atoms. The molecule has 5 nitrogen and oxygen atoms in total. The Morgan fingerprint density at radius 1 is 0.656 bits per heavy atom. The molecular formula is C27H24N2O3. The summed E-state index contributed by atoms with van der Waals surface area (Å²) in [6.07, 6.45) is 4.56. The maximum absolute atomic E-state index is 11.1. The van der Waals surface area contributed by atoms with Crippen molar-refractivity contribution in [2.24, 2.45) is 0 Å². The molecule has 0 aliphatic rings. The van der Waals surface area contributed by atoms with Crippen LogP contribution in [0.3, 0.4) is 0 Å². The summed E-state index contributed by atoms with van der Waals surface area (Å²) in [6, 6.07) is 27.2. The van der Waals surface area contributed by atoms with Gasteiger partial charge in [-0.1, -0.05) is 60.7 Å². The summed E-state index contributed by atoms with van der Waals surface area (Å²) in [4.78, 5) is 30.1. The quantitative estimate of drug-likeness (QED) is 0.428. The van der Waals surface area contributed by atoms with Gasteiger partial charge < -0.3 is 5.11 Å². The summed E-state index contributed by atoms with van der Waals surface area (Å²) < 4.78 is 0. The van der Waals surface area contributed by atoms with Gasteiger partial charge in [-0.15, -0.1) is 0 Å². The number of ketones is 1. The number of benzene rings is 2. The van der Waals surface area contributed by atoms with Gasteiger partial charge in [0.05, 0.1) is 5.56 Å². The molecular weight excluding hydrogens is 400 g/mol. The zero-order valence-electron chi connectivity index (χ0n) is 17.8. The second-order valence-corrected chi connectivity index (χ2v) is 7.26. The monoisotopic (exact) mass is 424 g/mol. The summed E-state index contributed by atoms with van der Waals surface area (Å²) in [6.45, 7) is 1.55. The summed E-state index contributed by atoms with van der Waals surface area (Å²) in [5, 5.41) is 8.73. The Kier molecular flexibility index (Phi) is 7.98. The molecule has 1 N–H and O–H groups in total. The molecule has 2 aromatic carbocycles. The minimum atomic E-state index is -0.946. The molecule has 0 amide bonds. The highest BCUT2D eigenvalue weighted by molar-refractivity contribution is 5.93. The van der Waals surface area contributed by atoms with Crippen molar-refractivity contribution >= 4 is 11.8 Å². The molecule has 4 aromatic rings. The van der Waals surface area contributed by atoms with E-state index in [1.54, 1.807) is 25.3 Å². The molecule has 5 heteroatoms. The van der Waals surface area contributed by atoms with Crippen molar-refractivity contribution in [1.82, 2.24) is 9.97 Å². The van der Waals surface area contributed by atoms with E-state index in [1.807, 2.05) is 60.7 Å². The van der Waals surface area contributed by atoms with Crippen molar-refractivity contribution in [2.45, 2.75) is 19.8 Å². The number of carboxylic acids is 1. The second kappa shape index (κ2) is 11.3. The largest absolute Gasteiger partial charge is 0.478 e. The number of aromatic nitrogens is 2. The molecule has 0 saturated carbocycles. The smallest absolute Gasteiger partial charge is 0.337 e. The van der Waals surface area contributed by atoms with Gasteiger partial charge in [0.15, 0.2) is 5.78 Å². The Balaban J connectivity index is 0.000000181. The molecule has 0 radical (unpaired) electrons. The highest BCUT2D eigenvalue weighted by atomic mass is 16.4. The highest BCUT2D eigenvalue weighted by Gasteiger charge is 2.03. The van der Waals surface area contributed by atoms with Crippen LogP contribution in [0.2, 0.25) is 0 Å². The highest BCUT2D eigenvalue weighted by Crippen LogP contribution is 2.09. The van der Waals surface area contributed by atoms with Gasteiger partial charge in [0.25, 0.3) is 0 Å². The Morgan fingerprint density at radius 3 is 1.44 bits per heavy atom. The van der Waals surface area contributed by atoms with Crippen molar-refractivity contribution in [3.05, 3.63) is 131 Å². The lowest BCUT2D eigenvalue weighted by Gasteiger charge is -2.01. The first kappa shape index (κ1) is 22.6. The zero-order valence-corrected chi connectivity index (χ0v) is 17.8. The lowest BCUT2D eigenvalue weighted by Crippen LogP contribution is -1.99. The van der Waals surface area contributed by atoms with Gasteiger partial charge in [0, 0.05) is 42.2 Å². The van der Waals surface area contributed by atoms with Gasteiger partial charge in [-0.3, -0.25) is 14.8 Å². The Labute approximate surface area is 187 Å². The fourth-order valence-electron chi connectivity index (χ4n) is 3.00. The van der Waals surface area contributed by atoms with Crippen LogP contribution in [0.15, 0.2) is 97.3 Å². The predicted molar refractivity (Wildman–Crippen MR) is 124 cm³/mol. The number of Topliss-reactive ketones (excluding diaryl/α,β-unsaturated/α-hetero) is 1. The molecule has 0 fully saturated rings. The van der Waals surface area contributed by atoms with Gasteiger partial charge in [0.1, 0.15) is 0 Å². The number of hydrogen-bond donors (Lipinski definition) is 1. The molecule has 0 spiro atoms. The molecule has 0 saturated heterocycles. The number of carbonyl (C=O) groups is 2. The number of rotatable bonds is 6. The molecule has 0 unspecified atom stereocenters. The number of aromatic carboxylic acids is 1. The third-order valence-electron chi connectivity index (χ3n) is 4.76. The van der Waals surface area contributed by atoms with Crippen LogP contribution in [0.1, 0.15) is 50.2 Å². The van der Waals surface area contributed by atoms with Crippen molar-refractivity contribution in [3.8, 4) is 0 Å². The van der Waals surface area contributed by atoms with Crippen LogP contribution in [0.4, 0.5) is 0 Å². The van der Waals surface area contributed by atoms with Gasteiger partial charge in [-0.05, 0) is 42.3 Å². The normalized spacial score (nSPS) is 10.0. The van der Waals surface area contributed by atoms with E-state index in [4.69, 9.17) is 5.11 Å². The molecule has 2 heterocycles. The first-order valence-corrected chi connectivity index (χ1v) is 10.2. The van der Waals surface area contributed by atoms with Crippen LogP contribution in [0.25, 0.3) is 0 Å². The van der Waals surface area contributed by atoms with E-state index in [-0.39, 0.29) is 11.3 Å². The van der Waals surface area contributed by atoms with E-state index >= 15 is 0 Å². The number of nitrogens with zero attached hydrogens (tertiary/aromatic N) is 2. The van der Waals surface area contributed by atoms with Crippen LogP contribution in [0.5, 0.6) is 0 Å². The number of carboxylic acid groups (broad SMARTS) is 1. The maximum atomic E-state index is 11.1. The van der Waals surface area contributed by atoms with Crippen LogP contribution in [0, 0.1) is 0 Å². The van der Waals surface area contributed by atoms with Gasteiger partial charge >= 0.3 is 5.97 Å². The van der Waals surface area contributed by atoms with E-state index in [2.05, 4.69) is 22.1 Å². The molecule has 0 atom stereocenters. The molecule has 160 valence electrons. The molecule has 4 rings (SSSR count). The molecule has 0 aliphatic carbocycles. The molecule has 0 aliphatic heterocycles. The SMILES string of the molecule is CC(=O)c1ccc(Cc2ccccc2)nc1.O=C(O)c1ccc(Cc2ccccc2)nc1. The Bertz CT molecular complexity index is 1050.